The molecule has 1 saturated heterocycles. The molecule has 1 aliphatic heterocycles. The first-order valence-corrected chi connectivity index (χ1v) is 7.03. The van der Waals surface area contributed by atoms with Crippen LogP contribution in [0.2, 0.25) is 0 Å². The molecule has 15 heavy (non-hydrogen) atoms. The molecule has 0 aromatic heterocycles. The van der Waals surface area contributed by atoms with Crippen LogP contribution in [0.4, 0.5) is 0 Å². The normalized spacial score (nSPS) is 20.5. The van der Waals surface area contributed by atoms with Gasteiger partial charge in [0.05, 0.1) is 6.54 Å². The van der Waals surface area contributed by atoms with E-state index in [1.165, 1.54) is 17.9 Å². The standard InChI is InChI=1S/C11H22N2OS/c1-2-3-5-13-11(14)8-12-7-10-4-6-15-9-10/h10,12H,2-9H2,1H3,(H,13,14). The summed E-state index contributed by atoms with van der Waals surface area (Å²) in [4.78, 5) is 11.3. The molecular formula is C11H22N2OS. The zero-order chi connectivity index (χ0) is 10.9. The van der Waals surface area contributed by atoms with Crippen molar-refractivity contribution in [1.29, 1.82) is 0 Å². The van der Waals surface area contributed by atoms with Crippen molar-refractivity contribution in [2.45, 2.75) is 26.2 Å². The van der Waals surface area contributed by atoms with E-state index in [2.05, 4.69) is 17.6 Å². The van der Waals surface area contributed by atoms with Gasteiger partial charge in [-0.2, -0.15) is 11.8 Å². The van der Waals surface area contributed by atoms with Crippen LogP contribution in [0, 0.1) is 5.92 Å². The summed E-state index contributed by atoms with van der Waals surface area (Å²) in [5.74, 6) is 3.45. The number of thioether (sulfide) groups is 1. The number of amides is 1. The van der Waals surface area contributed by atoms with Gasteiger partial charge in [0.15, 0.2) is 0 Å². The molecule has 4 heteroatoms. The van der Waals surface area contributed by atoms with E-state index in [9.17, 15) is 4.79 Å². The third kappa shape index (κ3) is 6.05. The predicted molar refractivity (Wildman–Crippen MR) is 66.2 cm³/mol. The summed E-state index contributed by atoms with van der Waals surface area (Å²) in [6.45, 7) is 4.41. The highest BCUT2D eigenvalue weighted by Gasteiger charge is 2.14. The van der Waals surface area contributed by atoms with Crippen molar-refractivity contribution in [1.82, 2.24) is 10.6 Å². The first-order chi connectivity index (χ1) is 7.33. The molecule has 0 aliphatic carbocycles. The van der Waals surface area contributed by atoms with E-state index in [1.807, 2.05) is 11.8 Å². The van der Waals surface area contributed by atoms with E-state index in [4.69, 9.17) is 0 Å². The van der Waals surface area contributed by atoms with Gasteiger partial charge in [-0.3, -0.25) is 4.79 Å². The van der Waals surface area contributed by atoms with Gasteiger partial charge in [0.2, 0.25) is 5.91 Å². The highest BCUT2D eigenvalue weighted by Crippen LogP contribution is 2.22. The highest BCUT2D eigenvalue weighted by atomic mass is 32.2. The maximum absolute atomic E-state index is 11.3. The molecule has 1 fully saturated rings. The fraction of sp³-hybridized carbons (Fsp3) is 0.909. The molecule has 2 N–H and O–H groups in total. The Kier molecular flexibility index (Phi) is 6.85. The Morgan fingerprint density at radius 2 is 2.40 bits per heavy atom. The number of nitrogens with one attached hydrogen (secondary N) is 2. The number of carbonyl (C=O) groups excluding carboxylic acids is 1. The second kappa shape index (κ2) is 7.99. The van der Waals surface area contributed by atoms with Gasteiger partial charge in [0.1, 0.15) is 0 Å². The van der Waals surface area contributed by atoms with Crippen molar-refractivity contribution in [3.8, 4) is 0 Å². The fourth-order valence-electron chi connectivity index (χ4n) is 1.60. The van der Waals surface area contributed by atoms with Gasteiger partial charge in [-0.05, 0) is 36.8 Å². The Labute approximate surface area is 96.8 Å². The van der Waals surface area contributed by atoms with Crippen LogP contribution < -0.4 is 10.6 Å². The molecule has 0 aromatic carbocycles. The molecule has 1 heterocycles. The molecule has 1 aliphatic rings. The molecule has 0 aromatic rings. The van der Waals surface area contributed by atoms with Crippen LogP contribution in [0.5, 0.6) is 0 Å². The minimum Gasteiger partial charge on any atom is -0.355 e. The Bertz CT molecular complexity index is 181. The Morgan fingerprint density at radius 3 is 3.07 bits per heavy atom. The lowest BCUT2D eigenvalue weighted by atomic mass is 10.1. The SMILES string of the molecule is CCCCNC(=O)CNCC1CCSC1. The molecule has 1 amide bonds. The van der Waals surface area contributed by atoms with Crippen LogP contribution in [0.3, 0.4) is 0 Å². The summed E-state index contributed by atoms with van der Waals surface area (Å²) in [7, 11) is 0. The van der Waals surface area contributed by atoms with E-state index in [0.29, 0.717) is 6.54 Å². The summed E-state index contributed by atoms with van der Waals surface area (Å²) in [5.41, 5.74) is 0. The Balaban J connectivity index is 1.91. The molecule has 3 nitrogen and oxygen atoms in total. The number of hydrogen-bond donors (Lipinski definition) is 2. The molecule has 0 saturated carbocycles. The average molecular weight is 230 g/mol. The van der Waals surface area contributed by atoms with Crippen LogP contribution in [0.15, 0.2) is 0 Å². The molecule has 0 radical (unpaired) electrons. The van der Waals surface area contributed by atoms with Gasteiger partial charge in [-0.25, -0.2) is 0 Å². The van der Waals surface area contributed by atoms with Crippen molar-refractivity contribution in [2.75, 3.05) is 31.1 Å². The number of carbonyl (C=O) groups is 1. The average Bonchev–Trinajstić information content (AvgIpc) is 2.71. The lowest BCUT2D eigenvalue weighted by Crippen LogP contribution is -2.36. The van der Waals surface area contributed by atoms with E-state index in [-0.39, 0.29) is 5.91 Å². The molecule has 1 rings (SSSR count). The van der Waals surface area contributed by atoms with Crippen LogP contribution in [0.25, 0.3) is 0 Å². The second-order valence-corrected chi connectivity index (χ2v) is 5.21. The fourth-order valence-corrected chi connectivity index (χ4v) is 2.89. The number of rotatable bonds is 7. The minimum absolute atomic E-state index is 0.133. The summed E-state index contributed by atoms with van der Waals surface area (Å²) in [6.07, 6.45) is 3.51. The predicted octanol–water partition coefficient (Wildman–Crippen LogP) is 1.25. The monoisotopic (exact) mass is 230 g/mol. The van der Waals surface area contributed by atoms with Gasteiger partial charge in [-0.1, -0.05) is 13.3 Å². The minimum atomic E-state index is 0.133. The van der Waals surface area contributed by atoms with E-state index < -0.39 is 0 Å². The zero-order valence-electron chi connectivity index (χ0n) is 9.55. The van der Waals surface area contributed by atoms with Gasteiger partial charge >= 0.3 is 0 Å². The third-order valence-corrected chi connectivity index (χ3v) is 3.83. The molecule has 0 bridgehead atoms. The van der Waals surface area contributed by atoms with Crippen molar-refractivity contribution in [3.05, 3.63) is 0 Å². The summed E-state index contributed by atoms with van der Waals surface area (Å²) in [6, 6.07) is 0. The Hall–Kier alpha value is -0.220. The van der Waals surface area contributed by atoms with Crippen molar-refractivity contribution in [3.63, 3.8) is 0 Å². The quantitative estimate of drug-likeness (QED) is 0.647. The third-order valence-electron chi connectivity index (χ3n) is 2.60. The van der Waals surface area contributed by atoms with E-state index in [1.54, 1.807) is 0 Å². The second-order valence-electron chi connectivity index (χ2n) is 4.06. The van der Waals surface area contributed by atoms with Crippen molar-refractivity contribution in [2.24, 2.45) is 5.92 Å². The summed E-state index contributed by atoms with van der Waals surface area (Å²) in [5, 5.41) is 6.13. The topological polar surface area (TPSA) is 41.1 Å². The summed E-state index contributed by atoms with van der Waals surface area (Å²) >= 11 is 2.02. The van der Waals surface area contributed by atoms with Crippen LogP contribution in [-0.2, 0) is 4.79 Å². The van der Waals surface area contributed by atoms with E-state index in [0.717, 1.165) is 31.8 Å². The lowest BCUT2D eigenvalue weighted by molar-refractivity contribution is -0.120. The number of hydrogen-bond acceptors (Lipinski definition) is 3. The summed E-state index contributed by atoms with van der Waals surface area (Å²) < 4.78 is 0. The van der Waals surface area contributed by atoms with Crippen molar-refractivity contribution >= 4 is 17.7 Å². The molecule has 0 spiro atoms. The first kappa shape index (κ1) is 12.8. The zero-order valence-corrected chi connectivity index (χ0v) is 10.4. The highest BCUT2D eigenvalue weighted by molar-refractivity contribution is 7.99. The van der Waals surface area contributed by atoms with Crippen LogP contribution in [-0.4, -0.2) is 37.0 Å². The lowest BCUT2D eigenvalue weighted by Gasteiger charge is -2.09. The molecular weight excluding hydrogens is 208 g/mol. The molecule has 1 atom stereocenters. The van der Waals surface area contributed by atoms with Crippen molar-refractivity contribution < 1.29 is 4.79 Å². The Morgan fingerprint density at radius 1 is 1.53 bits per heavy atom. The maximum atomic E-state index is 11.3. The van der Waals surface area contributed by atoms with Crippen LogP contribution in [0.1, 0.15) is 26.2 Å². The van der Waals surface area contributed by atoms with Gasteiger partial charge in [0.25, 0.3) is 0 Å². The molecule has 1 unspecified atom stereocenters. The van der Waals surface area contributed by atoms with E-state index >= 15 is 0 Å². The molecule has 88 valence electrons. The maximum Gasteiger partial charge on any atom is 0.233 e. The largest absolute Gasteiger partial charge is 0.355 e. The van der Waals surface area contributed by atoms with Gasteiger partial charge < -0.3 is 10.6 Å². The smallest absolute Gasteiger partial charge is 0.233 e. The van der Waals surface area contributed by atoms with Gasteiger partial charge in [0, 0.05) is 6.54 Å². The first-order valence-electron chi connectivity index (χ1n) is 5.88. The van der Waals surface area contributed by atoms with Gasteiger partial charge in [-0.15, -0.1) is 0 Å². The number of unbranched alkanes of at least 4 members (excludes halogenated alkanes) is 1. The van der Waals surface area contributed by atoms with Crippen LogP contribution >= 0.6 is 11.8 Å².